The summed E-state index contributed by atoms with van der Waals surface area (Å²) in [4.78, 5) is 6.73. The number of aliphatic imine (C=N–C) groups is 1. The number of hydrogen-bond acceptors (Lipinski definition) is 3. The maximum atomic E-state index is 5.93. The highest BCUT2D eigenvalue weighted by Crippen LogP contribution is 2.12. The molecule has 1 fully saturated rings. The quantitative estimate of drug-likeness (QED) is 0.267. The van der Waals surface area contributed by atoms with E-state index in [1.165, 1.54) is 5.56 Å². The van der Waals surface area contributed by atoms with Gasteiger partial charge in [-0.3, -0.25) is 4.99 Å². The lowest BCUT2D eigenvalue weighted by atomic mass is 10.2. The summed E-state index contributed by atoms with van der Waals surface area (Å²) in [7, 11) is 2.03. The molecule has 1 aromatic carbocycles. The van der Waals surface area contributed by atoms with E-state index in [2.05, 4.69) is 22.1 Å². The first-order valence-corrected chi connectivity index (χ1v) is 9.00. The van der Waals surface area contributed by atoms with Crippen LogP contribution in [0, 0.1) is 0 Å². The third-order valence-corrected chi connectivity index (χ3v) is 4.11. The van der Waals surface area contributed by atoms with Crippen LogP contribution in [0.1, 0.15) is 25.3 Å². The number of halogens is 2. The number of nitrogens with one attached hydrogen (secondary N) is 1. The standard InChI is InChI=1S/C18H28ClN3O2.HI/c1-3-20-18(21-10-12-23-14-17-5-4-11-24-17)22(2)13-15-6-8-16(19)9-7-15;/h6-9,17H,3-5,10-14H2,1-2H3,(H,20,21);1H. The SMILES string of the molecule is CCNC(=NCCOCC1CCCO1)N(C)Cc1ccc(Cl)cc1.I. The van der Waals surface area contributed by atoms with E-state index >= 15 is 0 Å². The molecule has 1 unspecified atom stereocenters. The van der Waals surface area contributed by atoms with Crippen molar-refractivity contribution in [3.63, 3.8) is 0 Å². The fourth-order valence-corrected chi connectivity index (χ4v) is 2.74. The van der Waals surface area contributed by atoms with Gasteiger partial charge in [0.1, 0.15) is 0 Å². The zero-order chi connectivity index (χ0) is 17.2. The molecular formula is C18H29ClIN3O2. The number of rotatable bonds is 8. The Bertz CT molecular complexity index is 508. The molecule has 1 aliphatic rings. The lowest BCUT2D eigenvalue weighted by Gasteiger charge is -2.22. The second-order valence-corrected chi connectivity index (χ2v) is 6.36. The molecular weight excluding hydrogens is 453 g/mol. The lowest BCUT2D eigenvalue weighted by molar-refractivity contribution is 0.0199. The Balaban J connectivity index is 0.00000312. The largest absolute Gasteiger partial charge is 0.377 e. The number of nitrogens with zero attached hydrogens (tertiary/aromatic N) is 2. The molecule has 1 atom stereocenters. The van der Waals surface area contributed by atoms with Crippen LogP contribution in [-0.2, 0) is 16.0 Å². The van der Waals surface area contributed by atoms with Crippen LogP contribution >= 0.6 is 35.6 Å². The average molecular weight is 482 g/mol. The topological polar surface area (TPSA) is 46.1 Å². The van der Waals surface area contributed by atoms with E-state index in [-0.39, 0.29) is 30.1 Å². The molecule has 0 saturated carbocycles. The smallest absolute Gasteiger partial charge is 0.194 e. The Kier molecular flexibility index (Phi) is 11.4. The predicted molar refractivity (Wildman–Crippen MR) is 114 cm³/mol. The summed E-state index contributed by atoms with van der Waals surface area (Å²) in [6.07, 6.45) is 2.52. The third-order valence-electron chi connectivity index (χ3n) is 3.85. The van der Waals surface area contributed by atoms with Gasteiger partial charge in [0, 0.05) is 31.8 Å². The molecule has 1 N–H and O–H groups in total. The fourth-order valence-electron chi connectivity index (χ4n) is 2.61. The van der Waals surface area contributed by atoms with Crippen molar-refractivity contribution in [3.8, 4) is 0 Å². The molecule has 2 rings (SSSR count). The van der Waals surface area contributed by atoms with Crippen molar-refractivity contribution in [2.45, 2.75) is 32.4 Å². The first-order chi connectivity index (χ1) is 11.7. The van der Waals surface area contributed by atoms with Gasteiger partial charge in [-0.05, 0) is 37.5 Å². The Hall–Kier alpha value is -0.570. The van der Waals surface area contributed by atoms with E-state index in [4.69, 9.17) is 21.1 Å². The maximum Gasteiger partial charge on any atom is 0.194 e. The lowest BCUT2D eigenvalue weighted by Crippen LogP contribution is -2.38. The highest BCUT2D eigenvalue weighted by Gasteiger charge is 2.15. The molecule has 142 valence electrons. The molecule has 0 radical (unpaired) electrons. The van der Waals surface area contributed by atoms with Gasteiger partial charge >= 0.3 is 0 Å². The molecule has 7 heteroatoms. The third kappa shape index (κ3) is 8.57. The average Bonchev–Trinajstić information content (AvgIpc) is 3.09. The second-order valence-electron chi connectivity index (χ2n) is 5.93. The zero-order valence-electron chi connectivity index (χ0n) is 15.0. The minimum absolute atomic E-state index is 0. The minimum atomic E-state index is 0. The van der Waals surface area contributed by atoms with Gasteiger partial charge in [-0.1, -0.05) is 23.7 Å². The first kappa shape index (κ1) is 22.5. The Morgan fingerprint density at radius 1 is 1.40 bits per heavy atom. The zero-order valence-corrected chi connectivity index (χ0v) is 18.1. The van der Waals surface area contributed by atoms with Crippen LogP contribution in [0.5, 0.6) is 0 Å². The van der Waals surface area contributed by atoms with Crippen molar-refractivity contribution in [1.29, 1.82) is 0 Å². The number of benzene rings is 1. The first-order valence-electron chi connectivity index (χ1n) is 8.62. The van der Waals surface area contributed by atoms with Gasteiger partial charge in [-0.2, -0.15) is 0 Å². The summed E-state index contributed by atoms with van der Waals surface area (Å²) >= 11 is 5.93. The van der Waals surface area contributed by atoms with E-state index < -0.39 is 0 Å². The summed E-state index contributed by atoms with van der Waals surface area (Å²) in [5.41, 5.74) is 1.20. The van der Waals surface area contributed by atoms with Crippen LogP contribution in [0.25, 0.3) is 0 Å². The van der Waals surface area contributed by atoms with Gasteiger partial charge in [0.15, 0.2) is 5.96 Å². The summed E-state index contributed by atoms with van der Waals surface area (Å²) in [5.74, 6) is 0.883. The summed E-state index contributed by atoms with van der Waals surface area (Å²) in [6, 6.07) is 7.89. The van der Waals surface area contributed by atoms with Crippen molar-refractivity contribution < 1.29 is 9.47 Å². The van der Waals surface area contributed by atoms with Gasteiger partial charge in [-0.15, -0.1) is 24.0 Å². The Morgan fingerprint density at radius 3 is 2.80 bits per heavy atom. The van der Waals surface area contributed by atoms with E-state index in [1.807, 2.05) is 31.3 Å². The van der Waals surface area contributed by atoms with Gasteiger partial charge in [-0.25, -0.2) is 0 Å². The van der Waals surface area contributed by atoms with Gasteiger partial charge < -0.3 is 19.7 Å². The van der Waals surface area contributed by atoms with Gasteiger partial charge in [0.05, 0.1) is 25.9 Å². The predicted octanol–water partition coefficient (Wildman–Crippen LogP) is 3.55. The van der Waals surface area contributed by atoms with Crippen LogP contribution in [0.2, 0.25) is 5.02 Å². The number of guanidine groups is 1. The summed E-state index contributed by atoms with van der Waals surface area (Å²) in [6.45, 7) is 6.47. The van der Waals surface area contributed by atoms with Crippen molar-refractivity contribution in [2.75, 3.05) is 40.0 Å². The molecule has 5 nitrogen and oxygen atoms in total. The summed E-state index contributed by atoms with van der Waals surface area (Å²) < 4.78 is 11.2. The minimum Gasteiger partial charge on any atom is -0.377 e. The van der Waals surface area contributed by atoms with Crippen LogP contribution in [0.3, 0.4) is 0 Å². The molecule has 1 aromatic rings. The highest BCUT2D eigenvalue weighted by molar-refractivity contribution is 14.0. The van der Waals surface area contributed by atoms with Crippen LogP contribution < -0.4 is 5.32 Å². The van der Waals surface area contributed by atoms with E-state index in [0.717, 1.165) is 43.5 Å². The van der Waals surface area contributed by atoms with Crippen LogP contribution in [0.4, 0.5) is 0 Å². The molecule has 0 spiro atoms. The second kappa shape index (κ2) is 12.7. The molecule has 0 aromatic heterocycles. The molecule has 1 saturated heterocycles. The van der Waals surface area contributed by atoms with E-state index in [1.54, 1.807) is 0 Å². The fraction of sp³-hybridized carbons (Fsp3) is 0.611. The maximum absolute atomic E-state index is 5.93. The van der Waals surface area contributed by atoms with Crippen molar-refractivity contribution in [1.82, 2.24) is 10.2 Å². The molecule has 0 aliphatic carbocycles. The van der Waals surface area contributed by atoms with Crippen molar-refractivity contribution >= 4 is 41.5 Å². The van der Waals surface area contributed by atoms with Crippen LogP contribution in [-0.4, -0.2) is 56.9 Å². The number of ether oxygens (including phenoxy) is 2. The summed E-state index contributed by atoms with van der Waals surface area (Å²) in [5, 5.41) is 4.07. The molecule has 0 amide bonds. The van der Waals surface area contributed by atoms with E-state index in [9.17, 15) is 0 Å². The molecule has 25 heavy (non-hydrogen) atoms. The normalized spacial score (nSPS) is 17.2. The number of hydrogen-bond donors (Lipinski definition) is 1. The Labute approximate surface area is 173 Å². The van der Waals surface area contributed by atoms with Crippen LogP contribution in [0.15, 0.2) is 29.3 Å². The molecule has 0 bridgehead atoms. The highest BCUT2D eigenvalue weighted by atomic mass is 127. The Morgan fingerprint density at radius 2 is 2.16 bits per heavy atom. The van der Waals surface area contributed by atoms with Gasteiger partial charge in [0.2, 0.25) is 0 Å². The monoisotopic (exact) mass is 481 g/mol. The van der Waals surface area contributed by atoms with Gasteiger partial charge in [0.25, 0.3) is 0 Å². The van der Waals surface area contributed by atoms with Crippen molar-refractivity contribution in [3.05, 3.63) is 34.9 Å². The molecule has 1 aliphatic heterocycles. The molecule has 1 heterocycles. The van der Waals surface area contributed by atoms with E-state index in [0.29, 0.717) is 19.8 Å². The van der Waals surface area contributed by atoms with Crippen molar-refractivity contribution in [2.24, 2.45) is 4.99 Å².